The summed E-state index contributed by atoms with van der Waals surface area (Å²) in [5.74, 6) is 0.820. The van der Waals surface area contributed by atoms with E-state index >= 15 is 0 Å². The fourth-order valence-electron chi connectivity index (χ4n) is 1.37. The van der Waals surface area contributed by atoms with Crippen molar-refractivity contribution in [3.63, 3.8) is 0 Å². The minimum atomic E-state index is 0.318. The van der Waals surface area contributed by atoms with E-state index in [1.165, 1.54) is 7.11 Å². The fraction of sp³-hybridized carbons (Fsp3) is 0.300. The second-order valence-electron chi connectivity index (χ2n) is 2.96. The highest BCUT2D eigenvalue weighted by Crippen LogP contribution is 2.32. The van der Waals surface area contributed by atoms with Gasteiger partial charge in [0, 0.05) is 11.1 Å². The van der Waals surface area contributed by atoms with E-state index in [4.69, 9.17) is 22.1 Å². The van der Waals surface area contributed by atoms with Gasteiger partial charge in [0.05, 0.1) is 18.7 Å². The quantitative estimate of drug-likeness (QED) is 0.476. The number of alkyl halides is 1. The molecule has 2 N–H and O–H groups in total. The minimum Gasteiger partial charge on any atom is -0.494 e. The SMILES string of the molecule is COc1c(N)c(C=O)cc(C)c1CCl. The lowest BCUT2D eigenvalue weighted by Gasteiger charge is -2.13. The van der Waals surface area contributed by atoms with Crippen molar-refractivity contribution in [3.8, 4) is 5.75 Å². The third kappa shape index (κ3) is 1.68. The summed E-state index contributed by atoms with van der Waals surface area (Å²) in [6.07, 6.45) is 0.711. The molecular weight excluding hydrogens is 202 g/mol. The van der Waals surface area contributed by atoms with Crippen molar-refractivity contribution in [2.75, 3.05) is 12.8 Å². The number of ether oxygens (including phenoxy) is 1. The number of rotatable bonds is 3. The van der Waals surface area contributed by atoms with Gasteiger partial charge in [-0.3, -0.25) is 4.79 Å². The van der Waals surface area contributed by atoms with Gasteiger partial charge in [0.25, 0.3) is 0 Å². The van der Waals surface area contributed by atoms with Crippen LogP contribution in [0.5, 0.6) is 5.75 Å². The molecule has 0 aliphatic heterocycles. The maximum Gasteiger partial charge on any atom is 0.152 e. The van der Waals surface area contributed by atoms with Crippen LogP contribution in [0.4, 0.5) is 5.69 Å². The number of carbonyl (C=O) groups is 1. The van der Waals surface area contributed by atoms with E-state index in [1.807, 2.05) is 6.92 Å². The number of hydrogen-bond donors (Lipinski definition) is 1. The Morgan fingerprint density at radius 2 is 2.29 bits per heavy atom. The normalized spacial score (nSPS) is 9.93. The van der Waals surface area contributed by atoms with Gasteiger partial charge in [0.1, 0.15) is 5.75 Å². The highest BCUT2D eigenvalue weighted by atomic mass is 35.5. The maximum absolute atomic E-state index is 10.7. The number of anilines is 1. The topological polar surface area (TPSA) is 52.3 Å². The number of methoxy groups -OCH3 is 1. The predicted molar refractivity (Wildman–Crippen MR) is 57.1 cm³/mol. The number of aryl methyl sites for hydroxylation is 1. The van der Waals surface area contributed by atoms with Crippen molar-refractivity contribution in [2.45, 2.75) is 12.8 Å². The van der Waals surface area contributed by atoms with Crippen molar-refractivity contribution in [3.05, 3.63) is 22.8 Å². The summed E-state index contributed by atoms with van der Waals surface area (Å²) >= 11 is 5.76. The van der Waals surface area contributed by atoms with E-state index in [0.717, 1.165) is 11.1 Å². The first kappa shape index (κ1) is 10.9. The zero-order valence-corrected chi connectivity index (χ0v) is 8.89. The van der Waals surface area contributed by atoms with E-state index in [9.17, 15) is 4.79 Å². The molecular formula is C10H12ClNO2. The Balaban J connectivity index is 3.47. The van der Waals surface area contributed by atoms with Gasteiger partial charge >= 0.3 is 0 Å². The average molecular weight is 214 g/mol. The van der Waals surface area contributed by atoms with E-state index in [2.05, 4.69) is 0 Å². The molecule has 0 heterocycles. The van der Waals surface area contributed by atoms with Crippen LogP contribution in [-0.4, -0.2) is 13.4 Å². The Bertz CT molecular complexity index is 364. The molecule has 0 radical (unpaired) electrons. The molecule has 0 aliphatic rings. The first-order chi connectivity index (χ1) is 6.65. The first-order valence-electron chi connectivity index (χ1n) is 4.12. The molecule has 0 fully saturated rings. The zero-order valence-electron chi connectivity index (χ0n) is 8.13. The van der Waals surface area contributed by atoms with Crippen LogP contribution in [-0.2, 0) is 5.88 Å². The number of nitrogens with two attached hydrogens (primary N) is 1. The molecule has 0 amide bonds. The van der Waals surface area contributed by atoms with Gasteiger partial charge in [0.2, 0.25) is 0 Å². The van der Waals surface area contributed by atoms with Crippen molar-refractivity contribution in [2.24, 2.45) is 0 Å². The first-order valence-corrected chi connectivity index (χ1v) is 4.66. The summed E-state index contributed by atoms with van der Waals surface area (Å²) in [7, 11) is 1.51. The van der Waals surface area contributed by atoms with Gasteiger partial charge in [-0.05, 0) is 18.6 Å². The third-order valence-corrected chi connectivity index (χ3v) is 2.41. The summed E-state index contributed by atoms with van der Waals surface area (Å²) in [6, 6.07) is 1.71. The predicted octanol–water partition coefficient (Wildman–Crippen LogP) is 2.14. The maximum atomic E-state index is 10.7. The van der Waals surface area contributed by atoms with Gasteiger partial charge in [-0.2, -0.15) is 0 Å². The Kier molecular flexibility index (Phi) is 3.36. The molecule has 0 atom stereocenters. The Morgan fingerprint density at radius 3 is 2.71 bits per heavy atom. The average Bonchev–Trinajstić information content (AvgIpc) is 2.20. The smallest absolute Gasteiger partial charge is 0.152 e. The van der Waals surface area contributed by atoms with Crippen LogP contribution in [0.25, 0.3) is 0 Å². The van der Waals surface area contributed by atoms with Gasteiger partial charge in [0.15, 0.2) is 6.29 Å². The highest BCUT2D eigenvalue weighted by molar-refractivity contribution is 6.17. The molecule has 1 aromatic carbocycles. The third-order valence-electron chi connectivity index (χ3n) is 2.14. The Labute approximate surface area is 87.8 Å². The van der Waals surface area contributed by atoms with Crippen molar-refractivity contribution < 1.29 is 9.53 Å². The fourth-order valence-corrected chi connectivity index (χ4v) is 1.70. The molecule has 0 bridgehead atoms. The molecule has 0 saturated carbocycles. The van der Waals surface area contributed by atoms with Crippen molar-refractivity contribution in [1.29, 1.82) is 0 Å². The molecule has 0 saturated heterocycles. The summed E-state index contributed by atoms with van der Waals surface area (Å²) < 4.78 is 5.12. The Morgan fingerprint density at radius 1 is 1.64 bits per heavy atom. The minimum absolute atomic E-state index is 0.318. The van der Waals surface area contributed by atoms with Crippen molar-refractivity contribution in [1.82, 2.24) is 0 Å². The van der Waals surface area contributed by atoms with Crippen LogP contribution in [0, 0.1) is 6.92 Å². The largest absolute Gasteiger partial charge is 0.494 e. The molecule has 14 heavy (non-hydrogen) atoms. The monoisotopic (exact) mass is 213 g/mol. The number of aldehydes is 1. The molecule has 1 aromatic rings. The van der Waals surface area contributed by atoms with E-state index in [-0.39, 0.29) is 0 Å². The standard InChI is InChI=1S/C10H12ClNO2/c1-6-3-7(5-13)9(12)10(14-2)8(6)4-11/h3,5H,4,12H2,1-2H3. The lowest BCUT2D eigenvalue weighted by molar-refractivity contribution is 0.112. The second kappa shape index (κ2) is 4.33. The second-order valence-corrected chi connectivity index (χ2v) is 3.23. The molecule has 0 aliphatic carbocycles. The zero-order chi connectivity index (χ0) is 10.7. The molecule has 76 valence electrons. The molecule has 0 spiro atoms. The van der Waals surface area contributed by atoms with Crippen LogP contribution in [0.2, 0.25) is 0 Å². The number of nitrogen functional groups attached to an aromatic ring is 1. The summed E-state index contributed by atoms with van der Waals surface area (Å²) in [5, 5.41) is 0. The van der Waals surface area contributed by atoms with Gasteiger partial charge in [-0.1, -0.05) is 0 Å². The number of halogens is 1. The van der Waals surface area contributed by atoms with Gasteiger partial charge < -0.3 is 10.5 Å². The number of carbonyl (C=O) groups excluding carboxylic acids is 1. The van der Waals surface area contributed by atoms with E-state index < -0.39 is 0 Å². The molecule has 0 aromatic heterocycles. The molecule has 3 nitrogen and oxygen atoms in total. The lowest BCUT2D eigenvalue weighted by Crippen LogP contribution is -2.02. The molecule has 0 unspecified atom stereocenters. The summed E-state index contributed by atoms with van der Waals surface area (Å²) in [4.78, 5) is 10.7. The summed E-state index contributed by atoms with van der Waals surface area (Å²) in [5.41, 5.74) is 8.26. The Hall–Kier alpha value is -1.22. The lowest BCUT2D eigenvalue weighted by atomic mass is 10.0. The van der Waals surface area contributed by atoms with Crippen LogP contribution in [0.1, 0.15) is 21.5 Å². The molecule has 1 rings (SSSR count). The van der Waals surface area contributed by atoms with Gasteiger partial charge in [-0.25, -0.2) is 0 Å². The van der Waals surface area contributed by atoms with E-state index in [0.29, 0.717) is 29.2 Å². The highest BCUT2D eigenvalue weighted by Gasteiger charge is 2.13. The van der Waals surface area contributed by atoms with Crippen molar-refractivity contribution >= 4 is 23.6 Å². The molecule has 4 heteroatoms. The van der Waals surface area contributed by atoms with E-state index in [1.54, 1.807) is 6.07 Å². The van der Waals surface area contributed by atoms with Crippen LogP contribution in [0.3, 0.4) is 0 Å². The van der Waals surface area contributed by atoms with Crippen LogP contribution in [0.15, 0.2) is 6.07 Å². The summed E-state index contributed by atoms with van der Waals surface area (Å²) in [6.45, 7) is 1.87. The number of hydrogen-bond acceptors (Lipinski definition) is 3. The van der Waals surface area contributed by atoms with Crippen LogP contribution < -0.4 is 10.5 Å². The van der Waals surface area contributed by atoms with Gasteiger partial charge in [-0.15, -0.1) is 11.6 Å². The van der Waals surface area contributed by atoms with Crippen LogP contribution >= 0.6 is 11.6 Å². The number of benzene rings is 1.